The first-order valence-corrected chi connectivity index (χ1v) is 10.5. The van der Waals surface area contributed by atoms with Crippen molar-refractivity contribution in [1.82, 2.24) is 10.2 Å². The Morgan fingerprint density at radius 3 is 2.43 bits per heavy atom. The predicted octanol–water partition coefficient (Wildman–Crippen LogP) is 4.45. The summed E-state index contributed by atoms with van der Waals surface area (Å²) in [6.45, 7) is 7.81. The molecule has 1 amide bonds. The van der Waals surface area contributed by atoms with Crippen LogP contribution in [0.5, 0.6) is 5.75 Å². The van der Waals surface area contributed by atoms with Gasteiger partial charge in [0, 0.05) is 13.1 Å². The Bertz CT molecular complexity index is 769. The molecule has 1 fully saturated rings. The molecule has 1 saturated heterocycles. The van der Waals surface area contributed by atoms with Gasteiger partial charge in [-0.05, 0) is 62.0 Å². The van der Waals surface area contributed by atoms with Crippen molar-refractivity contribution < 1.29 is 9.53 Å². The Balaban J connectivity index is 1.59. The summed E-state index contributed by atoms with van der Waals surface area (Å²) < 4.78 is 5.98. The molecule has 0 unspecified atom stereocenters. The van der Waals surface area contributed by atoms with Crippen molar-refractivity contribution in [2.75, 3.05) is 13.1 Å². The number of carbonyl (C=O) groups excluding carboxylic acids is 1. The summed E-state index contributed by atoms with van der Waals surface area (Å²) in [5, 5.41) is 3.08. The highest BCUT2D eigenvalue weighted by Crippen LogP contribution is 2.19. The van der Waals surface area contributed by atoms with Gasteiger partial charge >= 0.3 is 0 Å². The van der Waals surface area contributed by atoms with Gasteiger partial charge < -0.3 is 10.1 Å². The minimum absolute atomic E-state index is 0.0569. The van der Waals surface area contributed by atoms with Gasteiger partial charge in [0.05, 0.1) is 0 Å². The normalized spacial score (nSPS) is 15.8. The van der Waals surface area contributed by atoms with Crippen LogP contribution in [0.25, 0.3) is 0 Å². The van der Waals surface area contributed by atoms with Crippen molar-refractivity contribution in [2.24, 2.45) is 0 Å². The minimum atomic E-state index is -0.477. The number of para-hydroxylation sites is 1. The molecule has 1 N–H and O–H groups in total. The van der Waals surface area contributed by atoms with E-state index in [2.05, 4.69) is 28.4 Å². The molecule has 150 valence electrons. The number of benzene rings is 2. The summed E-state index contributed by atoms with van der Waals surface area (Å²) in [7, 11) is 0. The zero-order valence-electron chi connectivity index (χ0n) is 17.1. The Kier molecular flexibility index (Phi) is 7.49. The van der Waals surface area contributed by atoms with Crippen LogP contribution in [-0.2, 0) is 17.9 Å². The summed E-state index contributed by atoms with van der Waals surface area (Å²) in [5.41, 5.74) is 3.53. The Hall–Kier alpha value is -2.33. The van der Waals surface area contributed by atoms with E-state index in [1.54, 1.807) is 0 Å². The number of nitrogens with zero attached hydrogens (tertiary/aromatic N) is 1. The van der Waals surface area contributed by atoms with Crippen LogP contribution < -0.4 is 10.1 Å². The van der Waals surface area contributed by atoms with E-state index in [-0.39, 0.29) is 5.91 Å². The van der Waals surface area contributed by atoms with Crippen LogP contribution in [0.3, 0.4) is 0 Å². The lowest BCUT2D eigenvalue weighted by Gasteiger charge is -2.27. The van der Waals surface area contributed by atoms with Gasteiger partial charge in [-0.2, -0.15) is 0 Å². The predicted molar refractivity (Wildman–Crippen MR) is 113 cm³/mol. The van der Waals surface area contributed by atoms with E-state index in [1.165, 1.54) is 43.5 Å². The number of amides is 1. The molecule has 1 aliphatic heterocycles. The average Bonchev–Trinajstić information content (AvgIpc) is 2.73. The van der Waals surface area contributed by atoms with Crippen LogP contribution in [0.4, 0.5) is 0 Å². The maximum atomic E-state index is 12.7. The summed E-state index contributed by atoms with van der Waals surface area (Å²) in [5.74, 6) is 0.716. The third-order valence-corrected chi connectivity index (χ3v) is 5.44. The van der Waals surface area contributed by atoms with Gasteiger partial charge in [-0.15, -0.1) is 0 Å². The van der Waals surface area contributed by atoms with E-state index in [0.29, 0.717) is 13.0 Å². The SMILES string of the molecule is CC[C@H](Oc1ccccc1C)C(=O)NCc1ccccc1CN1CCCCC1. The number of aryl methyl sites for hydroxylation is 1. The van der Waals surface area contributed by atoms with Gasteiger partial charge in [0.25, 0.3) is 5.91 Å². The molecular formula is C24H32N2O2. The third-order valence-electron chi connectivity index (χ3n) is 5.44. The molecule has 2 aromatic carbocycles. The smallest absolute Gasteiger partial charge is 0.261 e. The summed E-state index contributed by atoms with van der Waals surface area (Å²) >= 11 is 0. The van der Waals surface area contributed by atoms with Gasteiger partial charge in [-0.1, -0.05) is 55.8 Å². The molecule has 0 radical (unpaired) electrons. The molecule has 1 aliphatic rings. The van der Waals surface area contributed by atoms with Crippen LogP contribution >= 0.6 is 0 Å². The maximum absolute atomic E-state index is 12.7. The molecule has 0 aromatic heterocycles. The first-order chi connectivity index (χ1) is 13.7. The number of ether oxygens (including phenoxy) is 1. The number of carbonyl (C=O) groups is 1. The zero-order valence-corrected chi connectivity index (χ0v) is 17.1. The lowest BCUT2D eigenvalue weighted by molar-refractivity contribution is -0.128. The standard InChI is InChI=1S/C24H32N2O2/c1-3-22(28-23-14-8-5-11-19(23)2)24(27)25-17-20-12-6-7-13-21(20)18-26-15-9-4-10-16-26/h5-8,11-14,22H,3-4,9-10,15-18H2,1-2H3,(H,25,27)/t22-/m0/s1. The Morgan fingerprint density at radius 1 is 1.04 bits per heavy atom. The third kappa shape index (κ3) is 5.59. The van der Waals surface area contributed by atoms with E-state index < -0.39 is 6.10 Å². The van der Waals surface area contributed by atoms with Crippen LogP contribution in [0.15, 0.2) is 48.5 Å². The minimum Gasteiger partial charge on any atom is -0.480 e. The molecule has 0 bridgehead atoms. The molecule has 0 saturated carbocycles. The fraction of sp³-hybridized carbons (Fsp3) is 0.458. The summed E-state index contributed by atoms with van der Waals surface area (Å²) in [6, 6.07) is 16.2. The van der Waals surface area contributed by atoms with E-state index in [4.69, 9.17) is 4.74 Å². The second-order valence-electron chi connectivity index (χ2n) is 7.60. The molecule has 2 aromatic rings. The highest BCUT2D eigenvalue weighted by Gasteiger charge is 2.19. The van der Waals surface area contributed by atoms with Crippen molar-refractivity contribution >= 4 is 5.91 Å². The first kappa shape index (κ1) is 20.4. The maximum Gasteiger partial charge on any atom is 0.261 e. The zero-order chi connectivity index (χ0) is 19.8. The second-order valence-corrected chi connectivity index (χ2v) is 7.60. The van der Waals surface area contributed by atoms with Crippen LogP contribution in [0, 0.1) is 6.92 Å². The molecule has 1 heterocycles. The van der Waals surface area contributed by atoms with Crippen molar-refractivity contribution in [3.05, 3.63) is 65.2 Å². The lowest BCUT2D eigenvalue weighted by Crippen LogP contribution is -2.38. The lowest BCUT2D eigenvalue weighted by atomic mass is 10.0. The average molecular weight is 381 g/mol. The van der Waals surface area contributed by atoms with Crippen LogP contribution in [0.2, 0.25) is 0 Å². The van der Waals surface area contributed by atoms with Crippen LogP contribution in [-0.4, -0.2) is 30.0 Å². The number of piperidine rings is 1. The van der Waals surface area contributed by atoms with Gasteiger partial charge in [-0.25, -0.2) is 0 Å². The molecule has 1 atom stereocenters. The Labute approximate surface area is 168 Å². The number of nitrogens with one attached hydrogen (secondary N) is 1. The van der Waals surface area contributed by atoms with Gasteiger partial charge in [-0.3, -0.25) is 9.69 Å². The molecule has 4 heteroatoms. The quantitative estimate of drug-likeness (QED) is 0.735. The second kappa shape index (κ2) is 10.3. The van der Waals surface area contributed by atoms with E-state index >= 15 is 0 Å². The molecule has 0 spiro atoms. The molecule has 3 rings (SSSR count). The van der Waals surface area contributed by atoms with Crippen molar-refractivity contribution in [3.63, 3.8) is 0 Å². The van der Waals surface area contributed by atoms with Crippen LogP contribution in [0.1, 0.15) is 49.3 Å². The summed E-state index contributed by atoms with van der Waals surface area (Å²) in [4.78, 5) is 15.2. The van der Waals surface area contributed by atoms with Gasteiger partial charge in [0.15, 0.2) is 6.10 Å². The number of hydrogen-bond donors (Lipinski definition) is 1. The number of likely N-dealkylation sites (tertiary alicyclic amines) is 1. The van der Waals surface area contributed by atoms with Crippen molar-refractivity contribution in [2.45, 2.75) is 58.7 Å². The van der Waals surface area contributed by atoms with E-state index in [0.717, 1.165) is 17.9 Å². The fourth-order valence-electron chi connectivity index (χ4n) is 3.70. The number of rotatable bonds is 8. The summed E-state index contributed by atoms with van der Waals surface area (Å²) in [6.07, 6.45) is 4.07. The molecular weight excluding hydrogens is 348 g/mol. The Morgan fingerprint density at radius 2 is 1.71 bits per heavy atom. The van der Waals surface area contributed by atoms with Gasteiger partial charge in [0.2, 0.25) is 0 Å². The fourth-order valence-corrected chi connectivity index (χ4v) is 3.70. The van der Waals surface area contributed by atoms with Crippen molar-refractivity contribution in [1.29, 1.82) is 0 Å². The molecule has 4 nitrogen and oxygen atoms in total. The van der Waals surface area contributed by atoms with E-state index in [9.17, 15) is 4.79 Å². The highest BCUT2D eigenvalue weighted by molar-refractivity contribution is 5.81. The first-order valence-electron chi connectivity index (χ1n) is 10.5. The monoisotopic (exact) mass is 380 g/mol. The largest absolute Gasteiger partial charge is 0.480 e. The van der Waals surface area contributed by atoms with E-state index in [1.807, 2.05) is 44.2 Å². The highest BCUT2D eigenvalue weighted by atomic mass is 16.5. The van der Waals surface area contributed by atoms with Crippen molar-refractivity contribution in [3.8, 4) is 5.75 Å². The number of hydrogen-bond acceptors (Lipinski definition) is 3. The topological polar surface area (TPSA) is 41.6 Å². The molecule has 28 heavy (non-hydrogen) atoms. The molecule has 0 aliphatic carbocycles. The van der Waals surface area contributed by atoms with Gasteiger partial charge in [0.1, 0.15) is 5.75 Å².